The third kappa shape index (κ3) is 7.38. The first kappa shape index (κ1) is 28.2. The first-order chi connectivity index (χ1) is 18.4. The van der Waals surface area contributed by atoms with Crippen LogP contribution in [-0.2, 0) is 36.4 Å². The van der Waals surface area contributed by atoms with Crippen LogP contribution in [0.3, 0.4) is 0 Å². The molecule has 2 unspecified atom stereocenters. The van der Waals surface area contributed by atoms with Crippen molar-refractivity contribution in [3.63, 3.8) is 0 Å². The van der Waals surface area contributed by atoms with Crippen LogP contribution in [0.15, 0.2) is 73.2 Å². The van der Waals surface area contributed by atoms with Gasteiger partial charge in [-0.1, -0.05) is 18.2 Å². The molecule has 2 aromatic carbocycles. The fraction of sp³-hybridized carbons (Fsp3) is 0.286. The van der Waals surface area contributed by atoms with E-state index >= 15 is 0 Å². The number of rotatable bonds is 9. The van der Waals surface area contributed by atoms with Gasteiger partial charge in [-0.05, 0) is 72.4 Å². The van der Waals surface area contributed by atoms with Crippen molar-refractivity contribution < 1.29 is 36.2 Å². The molecule has 0 fully saturated rings. The number of hydrogen-bond acceptors (Lipinski definition) is 3. The first-order valence-electron chi connectivity index (χ1n) is 12.1. The average molecular weight is 550 g/mol. The van der Waals surface area contributed by atoms with E-state index < -0.39 is 41.5 Å². The zero-order valence-corrected chi connectivity index (χ0v) is 20.5. The number of halogens is 6. The highest BCUT2D eigenvalue weighted by Crippen LogP contribution is 2.36. The van der Waals surface area contributed by atoms with Crippen molar-refractivity contribution in [3.05, 3.63) is 101 Å². The molecule has 0 aliphatic carbocycles. The van der Waals surface area contributed by atoms with Crippen molar-refractivity contribution in [2.45, 2.75) is 50.2 Å². The summed E-state index contributed by atoms with van der Waals surface area (Å²) in [6.45, 7) is 0. The van der Waals surface area contributed by atoms with Gasteiger partial charge in [0.1, 0.15) is 0 Å². The topological polar surface area (TPSA) is 78.0 Å². The maximum Gasteiger partial charge on any atom is 0.416 e. The number of aliphatic hydroxyl groups is 1. The number of pyridine rings is 1. The summed E-state index contributed by atoms with van der Waals surface area (Å²) in [7, 11) is 0. The van der Waals surface area contributed by atoms with Gasteiger partial charge in [0.05, 0.1) is 29.7 Å². The van der Waals surface area contributed by atoms with Crippen LogP contribution in [0.2, 0.25) is 0 Å². The van der Waals surface area contributed by atoms with Crippen molar-refractivity contribution in [1.82, 2.24) is 15.3 Å². The Bertz CT molecular complexity index is 1380. The van der Waals surface area contributed by atoms with Crippen LogP contribution in [0, 0.1) is 0 Å². The van der Waals surface area contributed by atoms with Crippen LogP contribution in [0.5, 0.6) is 0 Å². The molecule has 3 N–H and O–H groups in total. The van der Waals surface area contributed by atoms with Crippen LogP contribution in [0.25, 0.3) is 10.9 Å². The van der Waals surface area contributed by atoms with Gasteiger partial charge in [-0.25, -0.2) is 0 Å². The number of nitrogens with one attached hydrogen (secondary N) is 2. The normalized spacial score (nSPS) is 13.8. The van der Waals surface area contributed by atoms with Gasteiger partial charge < -0.3 is 15.4 Å². The number of aromatic amines is 1. The smallest absolute Gasteiger partial charge is 0.391 e. The van der Waals surface area contributed by atoms with E-state index in [2.05, 4.69) is 15.3 Å². The summed E-state index contributed by atoms with van der Waals surface area (Å²) in [6.07, 6.45) is -6.64. The molecule has 2 heterocycles. The van der Waals surface area contributed by atoms with Crippen LogP contribution >= 0.6 is 0 Å². The van der Waals surface area contributed by atoms with Crippen molar-refractivity contribution in [2.24, 2.45) is 0 Å². The van der Waals surface area contributed by atoms with Crippen molar-refractivity contribution in [1.29, 1.82) is 0 Å². The van der Waals surface area contributed by atoms with Crippen LogP contribution < -0.4 is 5.32 Å². The Labute approximate surface area is 219 Å². The second-order valence-corrected chi connectivity index (χ2v) is 9.29. The summed E-state index contributed by atoms with van der Waals surface area (Å²) >= 11 is 0. The molecule has 0 bridgehead atoms. The lowest BCUT2D eigenvalue weighted by molar-refractivity contribution is -0.143. The molecule has 0 saturated carbocycles. The van der Waals surface area contributed by atoms with E-state index in [4.69, 9.17) is 0 Å². The van der Waals surface area contributed by atoms with Gasteiger partial charge >= 0.3 is 12.4 Å². The second-order valence-electron chi connectivity index (χ2n) is 9.29. The van der Waals surface area contributed by atoms with Gasteiger partial charge in [-0.3, -0.25) is 9.78 Å². The SMILES string of the molecule is O=C(Cc1ccncc1)NC(Cc1c[nH]c2ccccc12)C(O)CCc1cc(C(F)(F)F)cc(C(F)(F)F)c1. The fourth-order valence-electron chi connectivity index (χ4n) is 4.44. The largest absolute Gasteiger partial charge is 0.416 e. The summed E-state index contributed by atoms with van der Waals surface area (Å²) in [5.41, 5.74) is -0.730. The standard InChI is InChI=1S/C28H25F6N3O2/c29-27(30,31)20-11-18(12-21(15-20)28(32,33)34)5-6-25(38)24(37-26(39)13-17-7-9-35-10-8-17)14-19-16-36-23-4-2-1-3-22(19)23/h1-4,7-12,15-16,24-25,36,38H,5-6,13-14H2,(H,37,39). The summed E-state index contributed by atoms with van der Waals surface area (Å²) < 4.78 is 79.5. The third-order valence-corrected chi connectivity index (χ3v) is 6.42. The molecule has 0 saturated heterocycles. The third-order valence-electron chi connectivity index (χ3n) is 6.42. The number of para-hydroxylation sites is 1. The Balaban J connectivity index is 1.55. The highest BCUT2D eigenvalue weighted by atomic mass is 19.4. The maximum absolute atomic E-state index is 13.3. The van der Waals surface area contributed by atoms with E-state index in [0.717, 1.165) is 16.5 Å². The van der Waals surface area contributed by atoms with Crippen LogP contribution in [0.1, 0.15) is 34.2 Å². The Hall–Kier alpha value is -3.86. The molecule has 0 radical (unpaired) electrons. The lowest BCUT2D eigenvalue weighted by Crippen LogP contribution is -2.45. The van der Waals surface area contributed by atoms with Gasteiger partial charge in [-0.15, -0.1) is 0 Å². The minimum atomic E-state index is -4.96. The highest BCUT2D eigenvalue weighted by molar-refractivity contribution is 5.83. The molecule has 2 aromatic heterocycles. The first-order valence-corrected chi connectivity index (χ1v) is 12.1. The Morgan fingerprint density at radius 2 is 1.56 bits per heavy atom. The van der Waals surface area contributed by atoms with Gasteiger partial charge in [0.2, 0.25) is 5.91 Å². The summed E-state index contributed by atoms with van der Waals surface area (Å²) in [5.74, 6) is -0.400. The average Bonchev–Trinajstić information content (AvgIpc) is 3.29. The number of aliphatic hydroxyl groups excluding tert-OH is 1. The molecule has 0 spiro atoms. The number of aryl methyl sites for hydroxylation is 1. The summed E-state index contributed by atoms with van der Waals surface area (Å²) in [4.78, 5) is 19.8. The Morgan fingerprint density at radius 1 is 0.923 bits per heavy atom. The summed E-state index contributed by atoms with van der Waals surface area (Å²) in [6, 6.07) is 11.2. The predicted molar refractivity (Wildman–Crippen MR) is 133 cm³/mol. The predicted octanol–water partition coefficient (Wildman–Crippen LogP) is 5.86. The Kier molecular flexibility index (Phi) is 8.29. The number of carbonyl (C=O) groups excluding carboxylic acids is 1. The number of nitrogens with zero attached hydrogens (tertiary/aromatic N) is 1. The van der Waals surface area contributed by atoms with Crippen molar-refractivity contribution >= 4 is 16.8 Å². The molecule has 0 aliphatic rings. The van der Waals surface area contributed by atoms with Gasteiger partial charge in [0.25, 0.3) is 0 Å². The second kappa shape index (κ2) is 11.5. The summed E-state index contributed by atoms with van der Waals surface area (Å²) in [5, 5.41) is 14.7. The minimum Gasteiger partial charge on any atom is -0.391 e. The lowest BCUT2D eigenvalue weighted by atomic mass is 9.94. The molecule has 11 heteroatoms. The van der Waals surface area contributed by atoms with Crippen molar-refractivity contribution in [3.8, 4) is 0 Å². The highest BCUT2D eigenvalue weighted by Gasteiger charge is 2.37. The molecular weight excluding hydrogens is 524 g/mol. The molecule has 0 aliphatic heterocycles. The Morgan fingerprint density at radius 3 is 2.21 bits per heavy atom. The number of amides is 1. The van der Waals surface area contributed by atoms with Crippen LogP contribution in [0.4, 0.5) is 26.3 Å². The van der Waals surface area contributed by atoms with E-state index in [0.29, 0.717) is 17.7 Å². The quantitative estimate of drug-likeness (QED) is 0.229. The molecule has 206 valence electrons. The number of H-pyrrole nitrogens is 1. The fourth-order valence-corrected chi connectivity index (χ4v) is 4.44. The number of carbonyl (C=O) groups is 1. The monoisotopic (exact) mass is 549 g/mol. The molecule has 4 rings (SSSR count). The molecular formula is C28H25F6N3O2. The zero-order valence-electron chi connectivity index (χ0n) is 20.5. The molecule has 4 aromatic rings. The molecule has 1 amide bonds. The van der Waals surface area contributed by atoms with E-state index in [1.807, 2.05) is 24.3 Å². The van der Waals surface area contributed by atoms with Crippen LogP contribution in [-0.4, -0.2) is 33.1 Å². The molecule has 5 nitrogen and oxygen atoms in total. The van der Waals surface area contributed by atoms with E-state index in [1.54, 1.807) is 18.3 Å². The minimum absolute atomic E-state index is 0.00218. The van der Waals surface area contributed by atoms with Crippen molar-refractivity contribution in [2.75, 3.05) is 0 Å². The number of benzene rings is 2. The van der Waals surface area contributed by atoms with Gasteiger partial charge in [-0.2, -0.15) is 26.3 Å². The van der Waals surface area contributed by atoms with E-state index in [1.165, 1.54) is 12.4 Å². The molecule has 39 heavy (non-hydrogen) atoms. The number of alkyl halides is 6. The lowest BCUT2D eigenvalue weighted by Gasteiger charge is -2.25. The zero-order chi connectivity index (χ0) is 28.2. The van der Waals surface area contributed by atoms with Gasteiger partial charge in [0.15, 0.2) is 0 Å². The maximum atomic E-state index is 13.3. The number of aromatic nitrogens is 2. The number of fused-ring (bicyclic) bond motifs is 1. The van der Waals surface area contributed by atoms with Gasteiger partial charge in [0, 0.05) is 29.5 Å². The van der Waals surface area contributed by atoms with E-state index in [-0.39, 0.29) is 37.3 Å². The number of hydrogen-bond donors (Lipinski definition) is 3. The molecule has 2 atom stereocenters. The van der Waals surface area contributed by atoms with E-state index in [9.17, 15) is 36.2 Å².